The molecule has 1 heterocycles. The first-order valence-electron chi connectivity index (χ1n) is 5.24. The van der Waals surface area contributed by atoms with Crippen LogP contribution in [-0.2, 0) is 4.74 Å². The van der Waals surface area contributed by atoms with Crippen LogP contribution in [0.4, 0.5) is 0 Å². The molecule has 2 rings (SSSR count). The van der Waals surface area contributed by atoms with Crippen molar-refractivity contribution in [2.75, 3.05) is 33.4 Å². The maximum Gasteiger partial charge on any atom is 0.0547 e. The monoisotopic (exact) mass is 184 g/mol. The minimum atomic E-state index is 0.261. The highest BCUT2D eigenvalue weighted by molar-refractivity contribution is 4.91. The smallest absolute Gasteiger partial charge is 0.0547 e. The van der Waals surface area contributed by atoms with Gasteiger partial charge in [-0.3, -0.25) is 0 Å². The lowest BCUT2D eigenvalue weighted by Crippen LogP contribution is -2.42. The predicted molar refractivity (Wildman–Crippen MR) is 52.6 cm³/mol. The Morgan fingerprint density at radius 2 is 2.31 bits per heavy atom. The normalized spacial score (nSPS) is 34.4. The summed E-state index contributed by atoms with van der Waals surface area (Å²) >= 11 is 0. The van der Waals surface area contributed by atoms with Gasteiger partial charge in [0.25, 0.3) is 0 Å². The lowest BCUT2D eigenvalue weighted by Gasteiger charge is -2.31. The van der Waals surface area contributed by atoms with Crippen molar-refractivity contribution in [3.8, 4) is 0 Å². The highest BCUT2D eigenvalue weighted by atomic mass is 16.5. The quantitative estimate of drug-likeness (QED) is 0.689. The van der Waals surface area contributed by atoms with Gasteiger partial charge in [-0.1, -0.05) is 0 Å². The van der Waals surface area contributed by atoms with E-state index in [0.717, 1.165) is 38.8 Å². The number of rotatable bonds is 4. The average molecular weight is 184 g/mol. The zero-order valence-corrected chi connectivity index (χ0v) is 8.46. The van der Waals surface area contributed by atoms with Gasteiger partial charge in [0.05, 0.1) is 6.61 Å². The summed E-state index contributed by atoms with van der Waals surface area (Å²) < 4.78 is 5.45. The lowest BCUT2D eigenvalue weighted by atomic mass is 9.87. The Morgan fingerprint density at radius 1 is 1.54 bits per heavy atom. The molecule has 13 heavy (non-hydrogen) atoms. The van der Waals surface area contributed by atoms with Crippen LogP contribution in [0.2, 0.25) is 0 Å². The van der Waals surface area contributed by atoms with Crippen molar-refractivity contribution in [1.29, 1.82) is 0 Å². The van der Waals surface area contributed by atoms with E-state index in [1.807, 2.05) is 0 Å². The average Bonchev–Trinajstić information content (AvgIpc) is 2.89. The van der Waals surface area contributed by atoms with E-state index >= 15 is 0 Å². The molecule has 1 aliphatic carbocycles. The molecule has 2 N–H and O–H groups in total. The molecule has 1 unspecified atom stereocenters. The van der Waals surface area contributed by atoms with Gasteiger partial charge in [-0.15, -0.1) is 0 Å². The summed E-state index contributed by atoms with van der Waals surface area (Å²) in [6.45, 7) is 3.65. The van der Waals surface area contributed by atoms with Gasteiger partial charge in [-0.2, -0.15) is 0 Å². The highest BCUT2D eigenvalue weighted by Crippen LogP contribution is 2.32. The second-order valence-electron chi connectivity index (χ2n) is 4.65. The molecule has 0 aromatic carbocycles. The molecule has 2 aliphatic rings. The predicted octanol–water partition coefficient (Wildman–Crippen LogP) is 0.446. The second kappa shape index (κ2) is 3.56. The largest absolute Gasteiger partial charge is 0.381 e. The van der Waals surface area contributed by atoms with Crippen molar-refractivity contribution in [2.45, 2.75) is 25.3 Å². The maximum absolute atomic E-state index is 5.83. The van der Waals surface area contributed by atoms with E-state index in [9.17, 15) is 0 Å². The molecular weight excluding hydrogens is 164 g/mol. The molecule has 1 saturated heterocycles. The first-order chi connectivity index (χ1) is 6.26. The van der Waals surface area contributed by atoms with Gasteiger partial charge < -0.3 is 15.4 Å². The Balaban J connectivity index is 1.88. The van der Waals surface area contributed by atoms with Gasteiger partial charge in [0.2, 0.25) is 0 Å². The molecule has 0 bridgehead atoms. The molecule has 1 saturated carbocycles. The molecule has 0 radical (unpaired) electrons. The van der Waals surface area contributed by atoms with Crippen molar-refractivity contribution in [2.24, 2.45) is 11.1 Å². The van der Waals surface area contributed by atoms with Crippen LogP contribution < -0.4 is 5.73 Å². The van der Waals surface area contributed by atoms with Crippen LogP contribution in [0, 0.1) is 5.41 Å². The summed E-state index contributed by atoms with van der Waals surface area (Å²) in [4.78, 5) is 2.46. The van der Waals surface area contributed by atoms with Crippen LogP contribution >= 0.6 is 0 Å². The highest BCUT2D eigenvalue weighted by Gasteiger charge is 2.37. The van der Waals surface area contributed by atoms with Crippen LogP contribution in [0.1, 0.15) is 19.3 Å². The molecular formula is C10H20N2O. The van der Waals surface area contributed by atoms with E-state index in [0.29, 0.717) is 0 Å². The van der Waals surface area contributed by atoms with Gasteiger partial charge in [0.1, 0.15) is 0 Å². The minimum Gasteiger partial charge on any atom is -0.381 e. The Morgan fingerprint density at radius 3 is 2.77 bits per heavy atom. The molecule has 76 valence electrons. The minimum absolute atomic E-state index is 0.261. The first kappa shape index (κ1) is 9.44. The van der Waals surface area contributed by atoms with Crippen LogP contribution in [-0.4, -0.2) is 44.3 Å². The topological polar surface area (TPSA) is 38.5 Å². The summed E-state index contributed by atoms with van der Waals surface area (Å²) in [5.41, 5.74) is 6.09. The third kappa shape index (κ3) is 2.03. The molecule has 1 atom stereocenters. The summed E-state index contributed by atoms with van der Waals surface area (Å²) in [5.74, 6) is 0. The molecule has 3 nitrogen and oxygen atoms in total. The first-order valence-corrected chi connectivity index (χ1v) is 5.24. The zero-order valence-electron chi connectivity index (χ0n) is 8.46. The van der Waals surface area contributed by atoms with E-state index in [-0.39, 0.29) is 5.41 Å². The SMILES string of the molecule is CN(CC1(CN)CCOC1)C1CC1. The Hall–Kier alpha value is -0.120. The fourth-order valence-electron chi connectivity index (χ4n) is 2.17. The van der Waals surface area contributed by atoms with E-state index in [1.54, 1.807) is 0 Å². The number of ether oxygens (including phenoxy) is 1. The standard InChI is InChI=1S/C10H20N2O/c1-12(9-2-3-9)7-10(6-11)4-5-13-8-10/h9H,2-8,11H2,1H3. The van der Waals surface area contributed by atoms with E-state index in [4.69, 9.17) is 10.5 Å². The van der Waals surface area contributed by atoms with Gasteiger partial charge in [0.15, 0.2) is 0 Å². The van der Waals surface area contributed by atoms with Crippen molar-refractivity contribution in [1.82, 2.24) is 4.90 Å². The Kier molecular flexibility index (Phi) is 2.58. The summed E-state index contributed by atoms with van der Waals surface area (Å²) in [5, 5.41) is 0. The molecule has 0 aromatic rings. The number of hydrogen-bond acceptors (Lipinski definition) is 3. The van der Waals surface area contributed by atoms with Gasteiger partial charge in [0, 0.05) is 31.2 Å². The van der Waals surface area contributed by atoms with Crippen LogP contribution in [0.5, 0.6) is 0 Å². The van der Waals surface area contributed by atoms with Gasteiger partial charge >= 0.3 is 0 Å². The molecule has 0 spiro atoms. The zero-order chi connectivity index (χ0) is 9.31. The van der Waals surface area contributed by atoms with Crippen LogP contribution in [0.15, 0.2) is 0 Å². The van der Waals surface area contributed by atoms with Gasteiger partial charge in [-0.25, -0.2) is 0 Å². The van der Waals surface area contributed by atoms with Crippen molar-refractivity contribution in [3.63, 3.8) is 0 Å². The number of nitrogens with two attached hydrogens (primary N) is 1. The fourth-order valence-corrected chi connectivity index (χ4v) is 2.17. The molecule has 2 fully saturated rings. The number of nitrogens with zero attached hydrogens (tertiary/aromatic N) is 1. The van der Waals surface area contributed by atoms with E-state index in [1.165, 1.54) is 12.8 Å². The summed E-state index contributed by atoms with van der Waals surface area (Å²) in [6, 6.07) is 0.837. The third-order valence-electron chi connectivity index (χ3n) is 3.37. The van der Waals surface area contributed by atoms with Gasteiger partial charge in [-0.05, 0) is 26.3 Å². The summed E-state index contributed by atoms with van der Waals surface area (Å²) in [6.07, 6.45) is 3.89. The summed E-state index contributed by atoms with van der Waals surface area (Å²) in [7, 11) is 2.22. The van der Waals surface area contributed by atoms with Crippen molar-refractivity contribution >= 4 is 0 Å². The molecule has 1 aliphatic heterocycles. The lowest BCUT2D eigenvalue weighted by molar-refractivity contribution is 0.123. The molecule has 0 amide bonds. The Bertz CT molecular complexity index is 174. The van der Waals surface area contributed by atoms with E-state index < -0.39 is 0 Å². The van der Waals surface area contributed by atoms with Crippen LogP contribution in [0.25, 0.3) is 0 Å². The number of hydrogen-bond donors (Lipinski definition) is 1. The van der Waals surface area contributed by atoms with E-state index in [2.05, 4.69) is 11.9 Å². The van der Waals surface area contributed by atoms with Crippen molar-refractivity contribution < 1.29 is 4.74 Å². The van der Waals surface area contributed by atoms with Crippen molar-refractivity contribution in [3.05, 3.63) is 0 Å². The van der Waals surface area contributed by atoms with Crippen LogP contribution in [0.3, 0.4) is 0 Å². The maximum atomic E-state index is 5.83. The Labute approximate surface area is 80.2 Å². The molecule has 3 heteroatoms. The second-order valence-corrected chi connectivity index (χ2v) is 4.65. The third-order valence-corrected chi connectivity index (χ3v) is 3.37. The fraction of sp³-hybridized carbons (Fsp3) is 1.00. The molecule has 0 aromatic heterocycles.